The van der Waals surface area contributed by atoms with E-state index in [1.54, 1.807) is 24.1 Å². The predicted octanol–water partition coefficient (Wildman–Crippen LogP) is 3.71. The van der Waals surface area contributed by atoms with Gasteiger partial charge in [0.25, 0.3) is 0 Å². The molecule has 9 nitrogen and oxygen atoms in total. The van der Waals surface area contributed by atoms with E-state index in [0.717, 1.165) is 18.5 Å². The average molecular weight is 647 g/mol. The van der Waals surface area contributed by atoms with Gasteiger partial charge in [0.05, 0.1) is 19.3 Å². The van der Waals surface area contributed by atoms with Crippen LogP contribution in [-0.4, -0.2) is 48.0 Å². The summed E-state index contributed by atoms with van der Waals surface area (Å²) < 4.78 is 22.9. The minimum absolute atomic E-state index is 0.143. The van der Waals surface area contributed by atoms with Crippen LogP contribution in [0.15, 0.2) is 29.3 Å². The van der Waals surface area contributed by atoms with Crippen molar-refractivity contribution in [1.82, 2.24) is 9.55 Å². The second-order valence-electron chi connectivity index (χ2n) is 6.90. The van der Waals surface area contributed by atoms with Crippen molar-refractivity contribution >= 4 is 57.8 Å². The van der Waals surface area contributed by atoms with Gasteiger partial charge >= 0.3 is 11.7 Å². The molecule has 0 amide bonds. The summed E-state index contributed by atoms with van der Waals surface area (Å²) in [7, 11) is 1.82. The molecule has 0 N–H and O–H groups in total. The Bertz CT molecular complexity index is 775. The molecule has 168 valence electrons. The molecule has 0 aliphatic carbocycles. The summed E-state index contributed by atoms with van der Waals surface area (Å²) in [5.74, 6) is 0.320. The number of nitrogens with zero attached hydrogens (tertiary/aromatic N) is 3. The summed E-state index contributed by atoms with van der Waals surface area (Å²) in [5, 5.41) is 0. The first-order valence-electron chi connectivity index (χ1n) is 9.73. The number of allylic oxidation sites excluding steroid dienone is 1. The fourth-order valence-electron chi connectivity index (χ4n) is 3.16. The zero-order valence-corrected chi connectivity index (χ0v) is 21.4. The summed E-state index contributed by atoms with van der Waals surface area (Å²) in [6.07, 6.45) is 3.94. The maximum absolute atomic E-state index is 12.7. The van der Waals surface area contributed by atoms with Gasteiger partial charge in [-0.05, 0) is 32.3 Å². The second-order valence-corrected chi connectivity index (χ2v) is 8.03. The molecule has 1 saturated heterocycles. The number of carbonyl (C=O) groups is 1. The van der Waals surface area contributed by atoms with Gasteiger partial charge < -0.3 is 20.5 Å². The number of hydrogen-bond acceptors (Lipinski definition) is 8. The monoisotopic (exact) mass is 647 g/mol. The number of esters is 1. The molecule has 2 rings (SSSR count). The van der Waals surface area contributed by atoms with E-state index in [-0.39, 0.29) is 18.2 Å². The molecular weight excluding hydrogens is 620 g/mol. The van der Waals surface area contributed by atoms with Crippen molar-refractivity contribution in [1.29, 1.82) is 0 Å². The Hall–Kier alpha value is -0.770. The minimum atomic E-state index is -0.552. The van der Waals surface area contributed by atoms with E-state index in [9.17, 15) is 9.59 Å². The predicted molar refractivity (Wildman–Crippen MR) is 129 cm³/mol. The first kappa shape index (κ1) is 25.5. The smallest absolute Gasteiger partial charge is 0.351 e. The largest absolute Gasteiger partial charge is 0.466 e. The highest BCUT2D eigenvalue weighted by molar-refractivity contribution is 14.1. The van der Waals surface area contributed by atoms with Crippen LogP contribution >= 0.6 is 46.0 Å². The molecule has 1 aliphatic heterocycles. The van der Waals surface area contributed by atoms with Crippen LogP contribution in [0, 0.1) is 0 Å². The number of rotatable bonds is 12. The molecule has 0 bridgehead atoms. The van der Waals surface area contributed by atoms with Crippen molar-refractivity contribution in [2.75, 3.05) is 25.2 Å². The fourth-order valence-corrected chi connectivity index (χ4v) is 4.02. The summed E-state index contributed by atoms with van der Waals surface area (Å²) in [4.78, 5) is 30.0. The van der Waals surface area contributed by atoms with Crippen LogP contribution in [0.1, 0.15) is 45.3 Å². The van der Waals surface area contributed by atoms with Gasteiger partial charge in [-0.1, -0.05) is 6.58 Å². The van der Waals surface area contributed by atoms with Crippen LogP contribution in [-0.2, 0) is 20.4 Å². The lowest BCUT2D eigenvalue weighted by Crippen LogP contribution is -2.33. The molecule has 3 unspecified atom stereocenters. The van der Waals surface area contributed by atoms with Crippen LogP contribution in [0.4, 0.5) is 5.82 Å². The molecule has 2 heterocycles. The molecule has 0 saturated carbocycles. The topological polar surface area (TPSA) is 92.1 Å². The highest BCUT2D eigenvalue weighted by atomic mass is 127. The fraction of sp³-hybridized carbons (Fsp3) is 0.632. The summed E-state index contributed by atoms with van der Waals surface area (Å²) in [6, 6.07) is 1.75. The summed E-state index contributed by atoms with van der Waals surface area (Å²) >= 11 is 3.65. The number of anilines is 1. The molecule has 0 spiro atoms. The zero-order valence-electron chi connectivity index (χ0n) is 17.1. The molecule has 30 heavy (non-hydrogen) atoms. The number of carbonyl (C=O) groups excluding carboxylic acids is 1. The zero-order chi connectivity index (χ0) is 22.1. The van der Waals surface area contributed by atoms with Crippen LogP contribution in [0.5, 0.6) is 0 Å². The van der Waals surface area contributed by atoms with E-state index in [1.165, 1.54) is 4.57 Å². The number of ether oxygens (including phenoxy) is 2. The third kappa shape index (κ3) is 7.14. The Labute approximate surface area is 204 Å². The summed E-state index contributed by atoms with van der Waals surface area (Å²) in [5.41, 5.74) is 0.391. The number of hydrogen-bond donors (Lipinski definition) is 0. The van der Waals surface area contributed by atoms with Crippen LogP contribution < -0.4 is 10.6 Å². The number of halogens is 2. The van der Waals surface area contributed by atoms with Crippen LogP contribution in [0.2, 0.25) is 0 Å². The number of unbranched alkanes of at least 4 members (excludes halogenated alkanes) is 1. The van der Waals surface area contributed by atoms with Crippen molar-refractivity contribution < 1.29 is 20.4 Å². The number of aromatic nitrogens is 2. The van der Waals surface area contributed by atoms with Gasteiger partial charge in [0.2, 0.25) is 0 Å². The third-order valence-corrected chi connectivity index (χ3v) is 5.83. The van der Waals surface area contributed by atoms with Crippen molar-refractivity contribution in [2.45, 2.75) is 57.5 Å². The second kappa shape index (κ2) is 12.9. The summed E-state index contributed by atoms with van der Waals surface area (Å²) in [6.45, 7) is 6.68. The Morgan fingerprint density at radius 2 is 2.13 bits per heavy atom. The molecule has 11 heteroatoms. The van der Waals surface area contributed by atoms with E-state index >= 15 is 0 Å². The Kier molecular flexibility index (Phi) is 11.0. The van der Waals surface area contributed by atoms with Gasteiger partial charge in [0.1, 0.15) is 57.9 Å². The van der Waals surface area contributed by atoms with Gasteiger partial charge in [-0.15, -0.1) is 0 Å². The quantitative estimate of drug-likeness (QED) is 0.193. The van der Waals surface area contributed by atoms with Crippen LogP contribution in [0.25, 0.3) is 0 Å². The first-order chi connectivity index (χ1) is 14.4. The third-order valence-electron chi connectivity index (χ3n) is 4.82. The van der Waals surface area contributed by atoms with Crippen molar-refractivity contribution in [2.24, 2.45) is 0 Å². The van der Waals surface area contributed by atoms with E-state index in [4.69, 9.17) is 15.6 Å². The Morgan fingerprint density at radius 3 is 2.77 bits per heavy atom. The van der Waals surface area contributed by atoms with E-state index in [2.05, 4.69) is 11.6 Å². The van der Waals surface area contributed by atoms with Gasteiger partial charge in [0.15, 0.2) is 6.23 Å². The molecule has 1 fully saturated rings. The SMILES string of the molecule is C=C(CCCCC(=O)OCC)N(C)c1ccn(C2OC(COI)CC2OI)c(=O)n1. The van der Waals surface area contributed by atoms with E-state index in [1.807, 2.05) is 53.1 Å². The lowest BCUT2D eigenvalue weighted by atomic mass is 10.1. The molecule has 1 aliphatic rings. The van der Waals surface area contributed by atoms with Crippen LogP contribution in [0.3, 0.4) is 0 Å². The molecule has 0 radical (unpaired) electrons. The maximum atomic E-state index is 12.7. The maximum Gasteiger partial charge on any atom is 0.351 e. The standard InChI is InChI=1S/C19H27I2N3O6/c1-4-27-17(25)8-6-5-7-13(2)23(3)16-9-10-24(19(26)22-16)18-15(30-21)11-14(29-18)12-28-20/h9-10,14-15,18H,2,4-8,11-12H2,1,3H3. The normalized spacial score (nSPS) is 20.9. The molecule has 1 aromatic heterocycles. The Morgan fingerprint density at radius 1 is 1.40 bits per heavy atom. The van der Waals surface area contributed by atoms with E-state index in [0.29, 0.717) is 38.3 Å². The van der Waals surface area contributed by atoms with Crippen molar-refractivity contribution in [3.05, 3.63) is 35.0 Å². The lowest BCUT2D eigenvalue weighted by molar-refractivity contribution is -0.143. The average Bonchev–Trinajstić information content (AvgIpc) is 3.13. The van der Waals surface area contributed by atoms with E-state index < -0.39 is 11.9 Å². The highest BCUT2D eigenvalue weighted by Crippen LogP contribution is 2.32. The van der Waals surface area contributed by atoms with Crippen molar-refractivity contribution in [3.8, 4) is 0 Å². The molecule has 1 aromatic rings. The molecule has 0 aromatic carbocycles. The van der Waals surface area contributed by atoms with Gasteiger partial charge in [-0.2, -0.15) is 4.98 Å². The minimum Gasteiger partial charge on any atom is -0.466 e. The molecule has 3 atom stereocenters. The lowest BCUT2D eigenvalue weighted by Gasteiger charge is -2.23. The Balaban J connectivity index is 1.96. The van der Waals surface area contributed by atoms with Gasteiger partial charge in [0, 0.05) is 31.8 Å². The van der Waals surface area contributed by atoms with Crippen molar-refractivity contribution in [3.63, 3.8) is 0 Å². The van der Waals surface area contributed by atoms with Gasteiger partial charge in [-0.25, -0.2) is 4.79 Å². The van der Waals surface area contributed by atoms with Gasteiger partial charge in [-0.3, -0.25) is 9.36 Å². The molecular formula is C19H27I2N3O6. The first-order valence-corrected chi connectivity index (χ1v) is 11.5. The highest BCUT2D eigenvalue weighted by Gasteiger charge is 2.38.